The van der Waals surface area contributed by atoms with Crippen molar-refractivity contribution in [1.29, 1.82) is 0 Å². The molecule has 1 N–H and O–H groups in total. The first-order valence-electron chi connectivity index (χ1n) is 2.04. The summed E-state index contributed by atoms with van der Waals surface area (Å²) in [6, 6.07) is 0. The molecule has 2 heteroatoms. The Hall–Kier alpha value is -0.0831. The summed E-state index contributed by atoms with van der Waals surface area (Å²) in [5, 5.41) is 1.16. The zero-order valence-corrected chi connectivity index (χ0v) is 5.65. The van der Waals surface area contributed by atoms with Crippen LogP contribution in [0.1, 0.15) is 13.8 Å². The first-order valence-corrected chi connectivity index (χ1v) is 3.38. The van der Waals surface area contributed by atoms with Gasteiger partial charge in [-0.15, -0.1) is 0 Å². The van der Waals surface area contributed by atoms with Crippen molar-refractivity contribution in [2.45, 2.75) is 13.8 Å². The third-order valence-corrected chi connectivity index (χ3v) is 1.65. The lowest BCUT2D eigenvalue weighted by Gasteiger charge is -1.83. The van der Waals surface area contributed by atoms with E-state index in [1.165, 1.54) is 0 Å². The number of allylic oxidation sites excluding steroid dienone is 2. The molecule has 6 heavy (non-hydrogen) atoms. The summed E-state index contributed by atoms with van der Waals surface area (Å²) < 4.78 is 0. The second kappa shape index (κ2) is 3.12. The van der Waals surface area contributed by atoms with Gasteiger partial charge in [0.15, 0.2) is 9.76 Å². The molecule has 0 heterocycles. The molecule has 0 aliphatic carbocycles. The van der Waals surface area contributed by atoms with Crippen LogP contribution >= 0.6 is 0 Å². The quantitative estimate of drug-likeness (QED) is 0.462. The van der Waals surface area contributed by atoms with Gasteiger partial charge in [0.1, 0.15) is 0 Å². The second-order valence-corrected chi connectivity index (χ2v) is 2.72. The van der Waals surface area contributed by atoms with E-state index in [0.29, 0.717) is 0 Å². The molecule has 0 rings (SSSR count). The predicted molar refractivity (Wildman–Crippen MR) is 30.2 cm³/mol. The van der Waals surface area contributed by atoms with E-state index in [1.54, 1.807) is 0 Å². The van der Waals surface area contributed by atoms with Gasteiger partial charge in [-0.1, -0.05) is 11.3 Å². The van der Waals surface area contributed by atoms with Gasteiger partial charge in [0.05, 0.1) is 0 Å². The first kappa shape index (κ1) is 5.92. The van der Waals surface area contributed by atoms with E-state index >= 15 is 0 Å². The van der Waals surface area contributed by atoms with E-state index in [4.69, 9.17) is 4.80 Å². The summed E-state index contributed by atoms with van der Waals surface area (Å²) in [5.74, 6) is 0. The van der Waals surface area contributed by atoms with Crippen molar-refractivity contribution in [3.63, 3.8) is 0 Å². The highest BCUT2D eigenvalue weighted by Crippen LogP contribution is 1.81. The maximum absolute atomic E-state index is 8.41. The average molecular weight is 102 g/mol. The summed E-state index contributed by atoms with van der Waals surface area (Å²) in [7, 11) is -0.801. The maximum Gasteiger partial charge on any atom is 0.183 e. The molecule has 0 amide bonds. The maximum atomic E-state index is 8.41. The Morgan fingerprint density at radius 1 is 1.83 bits per heavy atom. The van der Waals surface area contributed by atoms with Crippen LogP contribution in [-0.2, 0) is 0 Å². The monoisotopic (exact) mass is 102 g/mol. The minimum absolute atomic E-state index is 0.801. The van der Waals surface area contributed by atoms with Gasteiger partial charge in [0.25, 0.3) is 0 Å². The molecule has 0 aliphatic heterocycles. The Balaban J connectivity index is 3.22. The summed E-state index contributed by atoms with van der Waals surface area (Å²) >= 11 is 0. The van der Waals surface area contributed by atoms with Gasteiger partial charge in [0.2, 0.25) is 0 Å². The predicted octanol–water partition coefficient (Wildman–Crippen LogP) is -0.0138. The first-order chi connectivity index (χ1) is 2.81. The zero-order chi connectivity index (χ0) is 4.99. The number of hydrogen-bond acceptors (Lipinski definition) is 1. The van der Waals surface area contributed by atoms with Crippen molar-refractivity contribution in [2.75, 3.05) is 0 Å². The molecule has 0 aromatic heterocycles. The van der Waals surface area contributed by atoms with Gasteiger partial charge in [-0.2, -0.15) is 0 Å². The van der Waals surface area contributed by atoms with Crippen LogP contribution in [0.15, 0.2) is 11.3 Å². The van der Waals surface area contributed by atoms with Crippen LogP contribution in [0.5, 0.6) is 0 Å². The van der Waals surface area contributed by atoms with Gasteiger partial charge < -0.3 is 4.80 Å². The molecule has 0 fully saturated rings. The molecule has 0 unspecified atom stereocenters. The summed E-state index contributed by atoms with van der Waals surface area (Å²) in [4.78, 5) is 8.41. The number of hydrogen-bond donors (Lipinski definition) is 1. The molecule has 36 valence electrons. The van der Waals surface area contributed by atoms with E-state index in [-0.39, 0.29) is 0 Å². The van der Waals surface area contributed by atoms with Crippen molar-refractivity contribution in [2.24, 2.45) is 0 Å². The molecule has 0 radical (unpaired) electrons. The fraction of sp³-hybridized carbons (Fsp3) is 0.500. The minimum atomic E-state index is -0.801. The average Bonchev–Trinajstić information content (AvgIpc) is 1.65. The Morgan fingerprint density at radius 2 is 2.33 bits per heavy atom. The topological polar surface area (TPSA) is 20.2 Å². The SMILES string of the molecule is C/C=C(\C)[SiH2]O. The van der Waals surface area contributed by atoms with Crippen LogP contribution in [0.2, 0.25) is 0 Å². The van der Waals surface area contributed by atoms with Crippen molar-refractivity contribution >= 4 is 9.76 Å². The van der Waals surface area contributed by atoms with E-state index < -0.39 is 9.76 Å². The molecule has 0 aromatic carbocycles. The lowest BCUT2D eigenvalue weighted by Crippen LogP contribution is -1.86. The van der Waals surface area contributed by atoms with Crippen LogP contribution in [0.4, 0.5) is 0 Å². The van der Waals surface area contributed by atoms with Crippen molar-refractivity contribution in [3.05, 3.63) is 11.3 Å². The normalized spacial score (nSPS) is 14.2. The summed E-state index contributed by atoms with van der Waals surface area (Å²) in [5.41, 5.74) is 0. The Labute approximate surface area is 40.6 Å². The Morgan fingerprint density at radius 3 is 2.33 bits per heavy atom. The number of rotatable bonds is 1. The van der Waals surface area contributed by atoms with Crippen molar-refractivity contribution in [3.8, 4) is 0 Å². The standard InChI is InChI=1S/C4H10OSi/c1-3-4(2)6-5/h3,5H,6H2,1-2H3/b4-3+. The zero-order valence-electron chi connectivity index (χ0n) is 4.23. The molecule has 0 saturated carbocycles. The smallest absolute Gasteiger partial charge is 0.183 e. The van der Waals surface area contributed by atoms with Crippen molar-refractivity contribution < 1.29 is 4.80 Å². The highest BCUT2D eigenvalue weighted by atomic mass is 28.2. The fourth-order valence-corrected chi connectivity index (χ4v) is 0.274. The van der Waals surface area contributed by atoms with Gasteiger partial charge in [0, 0.05) is 0 Å². The van der Waals surface area contributed by atoms with E-state index in [9.17, 15) is 0 Å². The van der Waals surface area contributed by atoms with Crippen LogP contribution in [0.25, 0.3) is 0 Å². The lowest BCUT2D eigenvalue weighted by molar-refractivity contribution is 0.610. The Kier molecular flexibility index (Phi) is 3.08. The molecule has 1 nitrogen and oxygen atoms in total. The van der Waals surface area contributed by atoms with Gasteiger partial charge >= 0.3 is 0 Å². The molecule has 0 saturated heterocycles. The second-order valence-electron chi connectivity index (χ2n) is 1.29. The highest BCUT2D eigenvalue weighted by Gasteiger charge is 1.76. The molecule has 0 aromatic rings. The summed E-state index contributed by atoms with van der Waals surface area (Å²) in [6.45, 7) is 3.89. The lowest BCUT2D eigenvalue weighted by atomic mass is 10.6. The van der Waals surface area contributed by atoms with Crippen LogP contribution < -0.4 is 0 Å². The third-order valence-electron chi connectivity index (χ3n) is 0.742. The minimum Gasteiger partial charge on any atom is -0.434 e. The van der Waals surface area contributed by atoms with Crippen LogP contribution in [-0.4, -0.2) is 14.6 Å². The van der Waals surface area contributed by atoms with Crippen LogP contribution in [0.3, 0.4) is 0 Å². The fourth-order valence-electron chi connectivity index (χ4n) is 0.0913. The van der Waals surface area contributed by atoms with Crippen LogP contribution in [0, 0.1) is 0 Å². The van der Waals surface area contributed by atoms with E-state index in [0.717, 1.165) is 5.20 Å². The molecular formula is C4H10OSi. The highest BCUT2D eigenvalue weighted by molar-refractivity contribution is 6.35. The molecular weight excluding hydrogens is 92.1 g/mol. The summed E-state index contributed by atoms with van der Waals surface area (Å²) in [6.07, 6.45) is 1.95. The van der Waals surface area contributed by atoms with Gasteiger partial charge in [-0.05, 0) is 13.8 Å². The van der Waals surface area contributed by atoms with Gasteiger partial charge in [-0.25, -0.2) is 0 Å². The molecule has 0 aliphatic rings. The van der Waals surface area contributed by atoms with Gasteiger partial charge in [-0.3, -0.25) is 0 Å². The van der Waals surface area contributed by atoms with Crippen molar-refractivity contribution in [1.82, 2.24) is 0 Å². The molecule has 0 spiro atoms. The molecule has 0 bridgehead atoms. The van der Waals surface area contributed by atoms with E-state index in [2.05, 4.69) is 0 Å². The Bertz CT molecular complexity index is 58.6. The third kappa shape index (κ3) is 2.17. The molecule has 0 atom stereocenters. The largest absolute Gasteiger partial charge is 0.434 e. The van der Waals surface area contributed by atoms with E-state index in [1.807, 2.05) is 19.9 Å².